The quantitative estimate of drug-likeness (QED) is 0.377. The van der Waals surface area contributed by atoms with Crippen molar-refractivity contribution in [2.75, 3.05) is 13.1 Å². The number of carboxylic acids is 2. The zero-order chi connectivity index (χ0) is 21.9. The van der Waals surface area contributed by atoms with E-state index in [1.807, 2.05) is 0 Å². The van der Waals surface area contributed by atoms with Crippen LogP contribution in [0.5, 0.6) is 0 Å². The Balaban J connectivity index is 1.54. The van der Waals surface area contributed by atoms with Crippen LogP contribution in [0, 0.1) is 23.7 Å². The van der Waals surface area contributed by atoms with Crippen molar-refractivity contribution in [2.45, 2.75) is 77.0 Å². The van der Waals surface area contributed by atoms with Crippen LogP contribution in [0.3, 0.4) is 0 Å². The number of carbonyl (C=O) groups is 4. The van der Waals surface area contributed by atoms with Crippen LogP contribution in [0.15, 0.2) is 0 Å². The molecule has 4 atom stereocenters. The number of hydrogen-bond acceptors (Lipinski definition) is 4. The molecule has 2 rings (SSSR count). The first-order valence-corrected chi connectivity index (χ1v) is 11.4. The summed E-state index contributed by atoms with van der Waals surface area (Å²) in [6, 6.07) is 0. The van der Waals surface area contributed by atoms with Gasteiger partial charge < -0.3 is 20.8 Å². The van der Waals surface area contributed by atoms with E-state index in [1.54, 1.807) is 0 Å². The molecule has 4 N–H and O–H groups in total. The van der Waals surface area contributed by atoms with Crippen LogP contribution in [0.4, 0.5) is 0 Å². The molecule has 2 aliphatic rings. The fourth-order valence-corrected chi connectivity index (χ4v) is 4.77. The number of rotatable bonds is 11. The number of aliphatic carboxylic acids is 2. The molecule has 2 amide bonds. The molecule has 0 aromatic carbocycles. The monoisotopic (exact) mass is 424 g/mol. The Kier molecular flexibility index (Phi) is 10.1. The molecule has 2 saturated carbocycles. The first-order chi connectivity index (χ1) is 14.4. The Morgan fingerprint density at radius 3 is 1.23 bits per heavy atom. The topological polar surface area (TPSA) is 133 Å². The fourth-order valence-electron chi connectivity index (χ4n) is 4.77. The molecule has 0 aromatic heterocycles. The third kappa shape index (κ3) is 7.29. The minimum absolute atomic E-state index is 0.144. The second-order valence-electron chi connectivity index (χ2n) is 8.67. The van der Waals surface area contributed by atoms with E-state index in [2.05, 4.69) is 10.6 Å². The van der Waals surface area contributed by atoms with E-state index < -0.39 is 35.6 Å². The van der Waals surface area contributed by atoms with Crippen LogP contribution in [-0.2, 0) is 19.2 Å². The normalized spacial score (nSPS) is 26.5. The molecule has 0 spiro atoms. The van der Waals surface area contributed by atoms with Crippen molar-refractivity contribution >= 4 is 23.8 Å². The summed E-state index contributed by atoms with van der Waals surface area (Å²) in [4.78, 5) is 47.2. The summed E-state index contributed by atoms with van der Waals surface area (Å²) >= 11 is 0. The van der Waals surface area contributed by atoms with Gasteiger partial charge in [-0.25, -0.2) is 0 Å². The van der Waals surface area contributed by atoms with Crippen molar-refractivity contribution in [2.24, 2.45) is 23.7 Å². The Labute approximate surface area is 178 Å². The van der Waals surface area contributed by atoms with Crippen molar-refractivity contribution in [1.82, 2.24) is 10.6 Å². The predicted octanol–water partition coefficient (Wildman–Crippen LogP) is 2.56. The molecular weight excluding hydrogens is 388 g/mol. The highest BCUT2D eigenvalue weighted by molar-refractivity contribution is 5.85. The molecule has 0 radical (unpaired) electrons. The number of hydrogen-bond donors (Lipinski definition) is 4. The van der Waals surface area contributed by atoms with Gasteiger partial charge in [-0.1, -0.05) is 38.5 Å². The second kappa shape index (κ2) is 12.5. The predicted molar refractivity (Wildman–Crippen MR) is 111 cm³/mol. The molecule has 8 heteroatoms. The van der Waals surface area contributed by atoms with Crippen molar-refractivity contribution in [1.29, 1.82) is 0 Å². The lowest BCUT2D eigenvalue weighted by molar-refractivity contribution is -0.149. The van der Waals surface area contributed by atoms with Crippen LogP contribution >= 0.6 is 0 Å². The van der Waals surface area contributed by atoms with E-state index in [1.165, 1.54) is 0 Å². The highest BCUT2D eigenvalue weighted by atomic mass is 16.4. The highest BCUT2D eigenvalue weighted by Crippen LogP contribution is 2.31. The van der Waals surface area contributed by atoms with Gasteiger partial charge in [0, 0.05) is 13.1 Å². The van der Waals surface area contributed by atoms with Crippen molar-refractivity contribution in [3.63, 3.8) is 0 Å². The third-order valence-corrected chi connectivity index (χ3v) is 6.54. The van der Waals surface area contributed by atoms with Gasteiger partial charge in [-0.15, -0.1) is 0 Å². The number of amides is 2. The molecule has 8 nitrogen and oxygen atoms in total. The zero-order valence-electron chi connectivity index (χ0n) is 17.7. The van der Waals surface area contributed by atoms with E-state index in [-0.39, 0.29) is 11.8 Å². The first kappa shape index (κ1) is 24.2. The van der Waals surface area contributed by atoms with Gasteiger partial charge in [-0.3, -0.25) is 19.2 Å². The molecule has 0 aromatic rings. The summed E-state index contributed by atoms with van der Waals surface area (Å²) in [5.74, 6) is -3.99. The Bertz CT molecular complexity index is 556. The van der Waals surface area contributed by atoms with Crippen LogP contribution in [0.1, 0.15) is 77.0 Å². The average Bonchev–Trinajstić information content (AvgIpc) is 2.75. The van der Waals surface area contributed by atoms with Crippen LogP contribution in [-0.4, -0.2) is 47.1 Å². The maximum Gasteiger partial charge on any atom is 0.307 e. The van der Waals surface area contributed by atoms with E-state index in [0.717, 1.165) is 51.4 Å². The van der Waals surface area contributed by atoms with Gasteiger partial charge in [0.2, 0.25) is 11.8 Å². The molecule has 2 fully saturated rings. The summed E-state index contributed by atoms with van der Waals surface area (Å²) in [5.41, 5.74) is 0. The summed E-state index contributed by atoms with van der Waals surface area (Å²) in [5, 5.41) is 24.3. The summed E-state index contributed by atoms with van der Waals surface area (Å²) in [6.07, 6.45) is 9.43. The molecule has 0 unspecified atom stereocenters. The van der Waals surface area contributed by atoms with Gasteiger partial charge in [0.15, 0.2) is 0 Å². The number of unbranched alkanes of at least 4 members (excludes halogenated alkanes) is 3. The van der Waals surface area contributed by atoms with Gasteiger partial charge in [-0.2, -0.15) is 0 Å². The highest BCUT2D eigenvalue weighted by Gasteiger charge is 2.36. The molecule has 0 bridgehead atoms. The second-order valence-corrected chi connectivity index (χ2v) is 8.67. The zero-order valence-corrected chi connectivity index (χ0v) is 17.7. The third-order valence-electron chi connectivity index (χ3n) is 6.54. The minimum atomic E-state index is -0.875. The number of carbonyl (C=O) groups excluding carboxylic acids is 2. The van der Waals surface area contributed by atoms with E-state index >= 15 is 0 Å². The SMILES string of the molecule is O=C(NCCCCCCNC(=O)[C@H]1CCCC[C@H]1C(=O)O)[C@H]1CCCC[C@H]1C(=O)O. The molecule has 170 valence electrons. The molecule has 0 heterocycles. The van der Waals surface area contributed by atoms with Crippen molar-refractivity contribution in [3.05, 3.63) is 0 Å². The maximum atomic E-state index is 12.3. The van der Waals surface area contributed by atoms with Crippen LogP contribution in [0.2, 0.25) is 0 Å². The Morgan fingerprint density at radius 1 is 0.567 bits per heavy atom. The lowest BCUT2D eigenvalue weighted by atomic mass is 9.78. The van der Waals surface area contributed by atoms with Crippen molar-refractivity contribution < 1.29 is 29.4 Å². The van der Waals surface area contributed by atoms with Gasteiger partial charge in [0.1, 0.15) is 0 Å². The first-order valence-electron chi connectivity index (χ1n) is 11.4. The Hall–Kier alpha value is -2.12. The van der Waals surface area contributed by atoms with E-state index in [0.29, 0.717) is 38.8 Å². The van der Waals surface area contributed by atoms with Crippen LogP contribution in [0.25, 0.3) is 0 Å². The van der Waals surface area contributed by atoms with E-state index in [9.17, 15) is 29.4 Å². The van der Waals surface area contributed by atoms with Gasteiger partial charge in [0.05, 0.1) is 23.7 Å². The Morgan fingerprint density at radius 2 is 0.900 bits per heavy atom. The smallest absolute Gasteiger partial charge is 0.307 e. The number of carboxylic acid groups (broad SMARTS) is 2. The molecule has 2 aliphatic carbocycles. The van der Waals surface area contributed by atoms with Gasteiger partial charge in [0.25, 0.3) is 0 Å². The van der Waals surface area contributed by atoms with Crippen molar-refractivity contribution in [3.8, 4) is 0 Å². The fraction of sp³-hybridized carbons (Fsp3) is 0.818. The summed E-state index contributed by atoms with van der Waals surface area (Å²) in [6.45, 7) is 1.08. The maximum absolute atomic E-state index is 12.3. The molecular formula is C22H36N2O6. The molecule has 30 heavy (non-hydrogen) atoms. The largest absolute Gasteiger partial charge is 0.481 e. The van der Waals surface area contributed by atoms with E-state index in [4.69, 9.17) is 0 Å². The van der Waals surface area contributed by atoms with Crippen LogP contribution < -0.4 is 10.6 Å². The summed E-state index contributed by atoms with van der Waals surface area (Å²) in [7, 11) is 0. The van der Waals surface area contributed by atoms with Gasteiger partial charge >= 0.3 is 11.9 Å². The lowest BCUT2D eigenvalue weighted by Crippen LogP contribution is -2.40. The standard InChI is InChI=1S/C22H36N2O6/c25-19(15-9-3-5-11-17(15)21(27)28)23-13-7-1-2-8-14-24-20(26)16-10-4-6-12-18(16)22(29)30/h15-18H,1-14H2,(H,23,25)(H,24,26)(H,27,28)(H,29,30)/t15-,16-,17+,18+/m0/s1. The minimum Gasteiger partial charge on any atom is -0.481 e. The average molecular weight is 425 g/mol. The lowest BCUT2D eigenvalue weighted by Gasteiger charge is -2.27. The summed E-state index contributed by atoms with van der Waals surface area (Å²) < 4.78 is 0. The van der Waals surface area contributed by atoms with Gasteiger partial charge in [-0.05, 0) is 38.5 Å². The molecule has 0 saturated heterocycles. The molecule has 0 aliphatic heterocycles. The number of nitrogens with one attached hydrogen (secondary N) is 2.